The Morgan fingerprint density at radius 2 is 2.31 bits per heavy atom. The fourth-order valence-electron chi connectivity index (χ4n) is 2.05. The lowest BCUT2D eigenvalue weighted by Crippen LogP contribution is -2.26. The molecule has 0 radical (unpaired) electrons. The number of benzene rings is 1. The van der Waals surface area contributed by atoms with Crippen molar-refractivity contribution >= 4 is 22.5 Å². The summed E-state index contributed by atoms with van der Waals surface area (Å²) in [5, 5.41) is 7.71. The van der Waals surface area contributed by atoms with E-state index < -0.39 is 0 Å². The predicted molar refractivity (Wildman–Crippen MR) is 67.0 cm³/mol. The molecule has 4 nitrogen and oxygen atoms in total. The summed E-state index contributed by atoms with van der Waals surface area (Å²) in [6, 6.07) is 6.33. The number of nitrogens with zero attached hydrogens (tertiary/aromatic N) is 1. The third kappa shape index (κ3) is 1.52. The van der Waals surface area contributed by atoms with Gasteiger partial charge in [-0.2, -0.15) is 0 Å². The van der Waals surface area contributed by atoms with Gasteiger partial charge in [0.15, 0.2) is 5.96 Å². The van der Waals surface area contributed by atoms with E-state index in [-0.39, 0.29) is 0 Å². The SMILES string of the molecule is Cc1cc(NC2=NCCN2)cc2cc[nH]c12. The molecule has 0 saturated carbocycles. The van der Waals surface area contributed by atoms with Gasteiger partial charge in [0.2, 0.25) is 0 Å². The molecule has 1 aromatic heterocycles. The van der Waals surface area contributed by atoms with Crippen LogP contribution in [0.1, 0.15) is 5.56 Å². The second-order valence-electron chi connectivity index (χ2n) is 4.02. The molecule has 1 aliphatic rings. The topological polar surface area (TPSA) is 52.2 Å². The van der Waals surface area contributed by atoms with E-state index in [1.807, 2.05) is 6.20 Å². The van der Waals surface area contributed by atoms with Gasteiger partial charge in [-0.3, -0.25) is 4.99 Å². The van der Waals surface area contributed by atoms with Crippen molar-refractivity contribution < 1.29 is 0 Å². The molecule has 0 aliphatic carbocycles. The first kappa shape index (κ1) is 9.27. The average Bonchev–Trinajstić information content (AvgIpc) is 2.87. The molecule has 0 unspecified atom stereocenters. The lowest BCUT2D eigenvalue weighted by Gasteiger charge is -2.08. The number of hydrogen-bond acceptors (Lipinski definition) is 3. The monoisotopic (exact) mass is 214 g/mol. The molecule has 4 heteroatoms. The van der Waals surface area contributed by atoms with Gasteiger partial charge < -0.3 is 15.6 Å². The number of H-pyrrole nitrogens is 1. The first-order valence-corrected chi connectivity index (χ1v) is 5.46. The average molecular weight is 214 g/mol. The van der Waals surface area contributed by atoms with Crippen LogP contribution in [0.3, 0.4) is 0 Å². The third-order valence-corrected chi connectivity index (χ3v) is 2.79. The summed E-state index contributed by atoms with van der Waals surface area (Å²) in [6.07, 6.45) is 1.97. The van der Waals surface area contributed by atoms with Crippen molar-refractivity contribution in [3.05, 3.63) is 30.0 Å². The maximum Gasteiger partial charge on any atom is 0.195 e. The van der Waals surface area contributed by atoms with Gasteiger partial charge in [0.25, 0.3) is 0 Å². The zero-order valence-corrected chi connectivity index (χ0v) is 9.17. The number of fused-ring (bicyclic) bond motifs is 1. The molecule has 3 N–H and O–H groups in total. The van der Waals surface area contributed by atoms with Gasteiger partial charge in [0, 0.05) is 29.3 Å². The normalized spacial score (nSPS) is 14.9. The summed E-state index contributed by atoms with van der Waals surface area (Å²) in [6.45, 7) is 3.88. The first-order valence-electron chi connectivity index (χ1n) is 5.46. The summed E-state index contributed by atoms with van der Waals surface area (Å²) >= 11 is 0. The van der Waals surface area contributed by atoms with Crippen LogP contribution in [0.4, 0.5) is 5.69 Å². The van der Waals surface area contributed by atoms with Gasteiger partial charge >= 0.3 is 0 Å². The Kier molecular flexibility index (Phi) is 2.06. The number of nitrogens with one attached hydrogen (secondary N) is 3. The largest absolute Gasteiger partial charge is 0.361 e. The maximum atomic E-state index is 4.31. The van der Waals surface area contributed by atoms with E-state index in [9.17, 15) is 0 Å². The number of aromatic amines is 1. The highest BCUT2D eigenvalue weighted by atomic mass is 15.2. The highest BCUT2D eigenvalue weighted by Crippen LogP contribution is 2.22. The summed E-state index contributed by atoms with van der Waals surface area (Å²) < 4.78 is 0. The van der Waals surface area contributed by atoms with Crippen LogP contribution >= 0.6 is 0 Å². The Bertz CT molecular complexity index is 553. The molecule has 16 heavy (non-hydrogen) atoms. The van der Waals surface area contributed by atoms with Gasteiger partial charge in [0.05, 0.1) is 6.54 Å². The van der Waals surface area contributed by atoms with Crippen LogP contribution in [0.25, 0.3) is 10.9 Å². The van der Waals surface area contributed by atoms with Gasteiger partial charge in [-0.25, -0.2) is 0 Å². The van der Waals surface area contributed by atoms with E-state index in [1.54, 1.807) is 0 Å². The standard InChI is InChI=1S/C12H14N4/c1-8-6-10(16-12-14-4-5-15-12)7-9-2-3-13-11(8)9/h2-3,6-7,13H,4-5H2,1H3,(H2,14,15,16). The molecule has 1 aliphatic heterocycles. The molecule has 82 valence electrons. The minimum Gasteiger partial charge on any atom is -0.361 e. The minimum atomic E-state index is 0.855. The molecule has 0 atom stereocenters. The summed E-state index contributed by atoms with van der Waals surface area (Å²) in [7, 11) is 0. The second kappa shape index (κ2) is 3.56. The van der Waals surface area contributed by atoms with E-state index in [2.05, 4.69) is 45.7 Å². The number of anilines is 1. The number of rotatable bonds is 1. The Balaban J connectivity index is 1.97. The number of aromatic nitrogens is 1. The third-order valence-electron chi connectivity index (χ3n) is 2.79. The molecule has 3 rings (SSSR count). The van der Waals surface area contributed by atoms with Crippen molar-refractivity contribution in [3.63, 3.8) is 0 Å². The van der Waals surface area contributed by atoms with Gasteiger partial charge in [-0.1, -0.05) is 0 Å². The van der Waals surface area contributed by atoms with Gasteiger partial charge in [0.1, 0.15) is 0 Å². The van der Waals surface area contributed by atoms with Crippen molar-refractivity contribution in [3.8, 4) is 0 Å². The molecule has 2 aromatic rings. The lowest BCUT2D eigenvalue weighted by molar-refractivity contribution is 0.959. The van der Waals surface area contributed by atoms with Crippen LogP contribution in [0.2, 0.25) is 0 Å². The predicted octanol–water partition coefficient (Wildman–Crippen LogP) is 1.85. The molecule has 0 spiro atoms. The summed E-state index contributed by atoms with van der Waals surface area (Å²) in [5.41, 5.74) is 3.52. The Morgan fingerprint density at radius 1 is 1.38 bits per heavy atom. The highest BCUT2D eigenvalue weighted by Gasteiger charge is 2.06. The smallest absolute Gasteiger partial charge is 0.195 e. The molecule has 2 heterocycles. The van der Waals surface area contributed by atoms with Crippen LogP contribution in [-0.2, 0) is 0 Å². The zero-order chi connectivity index (χ0) is 11.0. The van der Waals surface area contributed by atoms with Crippen molar-refractivity contribution in [2.24, 2.45) is 4.99 Å². The second-order valence-corrected chi connectivity index (χ2v) is 4.02. The fraction of sp³-hybridized carbons (Fsp3) is 0.250. The van der Waals surface area contributed by atoms with E-state index >= 15 is 0 Å². The van der Waals surface area contributed by atoms with Crippen LogP contribution in [-0.4, -0.2) is 24.0 Å². The van der Waals surface area contributed by atoms with Gasteiger partial charge in [-0.15, -0.1) is 0 Å². The van der Waals surface area contributed by atoms with E-state index in [0.29, 0.717) is 0 Å². The fourth-order valence-corrected chi connectivity index (χ4v) is 2.05. The molecule has 1 aromatic carbocycles. The van der Waals surface area contributed by atoms with Crippen LogP contribution < -0.4 is 10.6 Å². The Morgan fingerprint density at radius 3 is 3.12 bits per heavy atom. The van der Waals surface area contributed by atoms with Crippen LogP contribution in [0, 0.1) is 6.92 Å². The first-order chi connectivity index (χ1) is 7.83. The van der Waals surface area contributed by atoms with Crippen molar-refractivity contribution in [1.82, 2.24) is 10.3 Å². The van der Waals surface area contributed by atoms with E-state index in [4.69, 9.17) is 0 Å². The molecule has 0 saturated heterocycles. The van der Waals surface area contributed by atoms with Crippen LogP contribution in [0.15, 0.2) is 29.4 Å². The molecule has 0 amide bonds. The van der Waals surface area contributed by atoms with E-state index in [1.165, 1.54) is 16.5 Å². The van der Waals surface area contributed by atoms with Gasteiger partial charge in [-0.05, 0) is 30.7 Å². The summed E-state index contributed by atoms with van der Waals surface area (Å²) in [5.74, 6) is 0.870. The highest BCUT2D eigenvalue weighted by molar-refractivity contribution is 5.97. The minimum absolute atomic E-state index is 0.855. The molecule has 0 bridgehead atoms. The van der Waals surface area contributed by atoms with Crippen LogP contribution in [0.5, 0.6) is 0 Å². The van der Waals surface area contributed by atoms with Crippen molar-refractivity contribution in [2.45, 2.75) is 6.92 Å². The molecular formula is C12H14N4. The van der Waals surface area contributed by atoms with E-state index in [0.717, 1.165) is 24.7 Å². The van der Waals surface area contributed by atoms with Crippen molar-refractivity contribution in [1.29, 1.82) is 0 Å². The maximum absolute atomic E-state index is 4.31. The summed E-state index contributed by atoms with van der Waals surface area (Å²) in [4.78, 5) is 7.55. The Hall–Kier alpha value is -1.97. The number of hydrogen-bond donors (Lipinski definition) is 3. The Labute approximate surface area is 93.8 Å². The number of guanidine groups is 1. The molecular weight excluding hydrogens is 200 g/mol. The number of aryl methyl sites for hydroxylation is 1. The lowest BCUT2D eigenvalue weighted by atomic mass is 10.1. The van der Waals surface area contributed by atoms with Crippen molar-refractivity contribution in [2.75, 3.05) is 18.4 Å². The number of aliphatic imine (C=N–C) groups is 1. The quantitative estimate of drug-likeness (QED) is 0.678. The molecule has 0 fully saturated rings. The zero-order valence-electron chi connectivity index (χ0n) is 9.17.